The van der Waals surface area contributed by atoms with Crippen molar-refractivity contribution in [3.05, 3.63) is 78.4 Å². The Bertz CT molecular complexity index is 823. The Balaban J connectivity index is 1.87. The van der Waals surface area contributed by atoms with Crippen molar-refractivity contribution in [1.82, 2.24) is 0 Å². The van der Waals surface area contributed by atoms with Gasteiger partial charge in [0.15, 0.2) is 0 Å². The number of carbonyl (C=O) groups excluding carboxylic acids is 1. The number of amides is 1. The van der Waals surface area contributed by atoms with Gasteiger partial charge in [-0.15, -0.1) is 0 Å². The predicted octanol–water partition coefficient (Wildman–Crippen LogP) is 4.06. The maximum Gasteiger partial charge on any atom is 0.280 e. The number of carbonyl (C=O) groups is 1. The fourth-order valence-corrected chi connectivity index (χ4v) is 2.44. The van der Waals surface area contributed by atoms with Crippen LogP contribution in [0.5, 0.6) is 5.75 Å². The fraction of sp³-hybridized carbons (Fsp3) is 0.100. The lowest BCUT2D eigenvalue weighted by molar-refractivity contribution is -0.114. The van der Waals surface area contributed by atoms with Crippen LogP contribution in [0.2, 0.25) is 0 Å². The van der Waals surface area contributed by atoms with Crippen LogP contribution in [0.3, 0.4) is 0 Å². The molecule has 4 nitrogen and oxygen atoms in total. The number of hydrogen-bond acceptors (Lipinski definition) is 3. The van der Waals surface area contributed by atoms with Crippen molar-refractivity contribution in [1.29, 1.82) is 0 Å². The second kappa shape index (κ2) is 6.96. The van der Waals surface area contributed by atoms with Crippen molar-refractivity contribution in [2.75, 3.05) is 11.6 Å². The first-order valence-electron chi connectivity index (χ1n) is 7.69. The first-order valence-corrected chi connectivity index (χ1v) is 7.69. The van der Waals surface area contributed by atoms with Crippen LogP contribution in [-0.4, -0.2) is 18.2 Å². The molecular weight excluding hydrogens is 300 g/mol. The minimum absolute atomic E-state index is 0.129. The van der Waals surface area contributed by atoms with E-state index < -0.39 is 0 Å². The van der Waals surface area contributed by atoms with Crippen LogP contribution in [-0.2, 0) is 4.79 Å². The van der Waals surface area contributed by atoms with Gasteiger partial charge < -0.3 is 4.74 Å². The lowest BCUT2D eigenvalue weighted by Crippen LogP contribution is -2.21. The summed E-state index contributed by atoms with van der Waals surface area (Å²) in [6.07, 6.45) is 3.53. The Morgan fingerprint density at radius 3 is 2.71 bits per heavy atom. The Labute approximate surface area is 141 Å². The van der Waals surface area contributed by atoms with Gasteiger partial charge in [0.1, 0.15) is 12.4 Å². The minimum atomic E-state index is -0.129. The van der Waals surface area contributed by atoms with Crippen LogP contribution in [0.4, 0.5) is 5.69 Å². The van der Waals surface area contributed by atoms with Gasteiger partial charge in [-0.1, -0.05) is 43.0 Å². The lowest BCUT2D eigenvalue weighted by Gasteiger charge is -2.11. The van der Waals surface area contributed by atoms with Gasteiger partial charge in [0.2, 0.25) is 0 Å². The van der Waals surface area contributed by atoms with E-state index in [2.05, 4.69) is 11.7 Å². The van der Waals surface area contributed by atoms with Crippen molar-refractivity contribution in [3.63, 3.8) is 0 Å². The first kappa shape index (κ1) is 15.7. The molecule has 2 aromatic rings. The van der Waals surface area contributed by atoms with E-state index in [1.54, 1.807) is 6.08 Å². The SMILES string of the molecule is C=CCOc1cccc(/C=C2/C(=O)N(c3ccccc3)N=C2C)c1. The molecule has 0 fully saturated rings. The smallest absolute Gasteiger partial charge is 0.280 e. The summed E-state index contributed by atoms with van der Waals surface area (Å²) in [6, 6.07) is 17.0. The minimum Gasteiger partial charge on any atom is -0.490 e. The van der Waals surface area contributed by atoms with Crippen LogP contribution >= 0.6 is 0 Å². The van der Waals surface area contributed by atoms with E-state index in [0.717, 1.165) is 17.0 Å². The maximum absolute atomic E-state index is 12.7. The van der Waals surface area contributed by atoms with Crippen molar-refractivity contribution in [2.24, 2.45) is 5.10 Å². The number of anilines is 1. The summed E-state index contributed by atoms with van der Waals surface area (Å²) < 4.78 is 5.53. The molecule has 1 aliphatic rings. The summed E-state index contributed by atoms with van der Waals surface area (Å²) in [5.74, 6) is 0.611. The Morgan fingerprint density at radius 2 is 1.96 bits per heavy atom. The van der Waals surface area contributed by atoms with Crippen molar-refractivity contribution < 1.29 is 9.53 Å². The van der Waals surface area contributed by atoms with Crippen LogP contribution in [0.25, 0.3) is 6.08 Å². The third kappa shape index (κ3) is 3.27. The number of benzene rings is 2. The van der Waals surface area contributed by atoms with Crippen molar-refractivity contribution in [2.45, 2.75) is 6.92 Å². The summed E-state index contributed by atoms with van der Waals surface area (Å²) in [7, 11) is 0. The molecule has 1 heterocycles. The molecule has 0 aliphatic carbocycles. The van der Waals surface area contributed by atoms with Gasteiger partial charge in [-0.2, -0.15) is 10.1 Å². The Kier molecular flexibility index (Phi) is 4.57. The van der Waals surface area contributed by atoms with E-state index >= 15 is 0 Å². The normalized spacial score (nSPS) is 15.5. The lowest BCUT2D eigenvalue weighted by atomic mass is 10.1. The van der Waals surface area contributed by atoms with E-state index in [0.29, 0.717) is 17.9 Å². The monoisotopic (exact) mass is 318 g/mol. The highest BCUT2D eigenvalue weighted by molar-refractivity contribution is 6.32. The third-order valence-corrected chi connectivity index (χ3v) is 3.60. The zero-order valence-corrected chi connectivity index (χ0v) is 13.5. The summed E-state index contributed by atoms with van der Waals surface area (Å²) >= 11 is 0. The summed E-state index contributed by atoms with van der Waals surface area (Å²) in [4.78, 5) is 12.7. The topological polar surface area (TPSA) is 41.9 Å². The van der Waals surface area contributed by atoms with Gasteiger partial charge in [-0.3, -0.25) is 4.79 Å². The molecule has 24 heavy (non-hydrogen) atoms. The van der Waals surface area contributed by atoms with Crippen molar-refractivity contribution >= 4 is 23.4 Å². The van der Waals surface area contributed by atoms with Gasteiger partial charge in [-0.25, -0.2) is 0 Å². The second-order valence-corrected chi connectivity index (χ2v) is 5.37. The summed E-state index contributed by atoms with van der Waals surface area (Å²) in [6.45, 7) is 5.92. The molecule has 0 radical (unpaired) electrons. The standard InChI is InChI=1S/C20H18N2O2/c1-3-12-24-18-11-7-8-16(13-18)14-19-15(2)21-22(20(19)23)17-9-5-4-6-10-17/h3-11,13-14H,1,12H2,2H3/b19-14+. The first-order chi connectivity index (χ1) is 11.7. The Hall–Kier alpha value is -3.14. The number of hydrogen-bond donors (Lipinski definition) is 0. The molecule has 0 saturated heterocycles. The van der Waals surface area contributed by atoms with Gasteiger partial charge >= 0.3 is 0 Å². The van der Waals surface area contributed by atoms with Gasteiger partial charge in [-0.05, 0) is 42.8 Å². The van der Waals surface area contributed by atoms with E-state index in [4.69, 9.17) is 4.74 Å². The molecule has 4 heteroatoms. The van der Waals surface area contributed by atoms with Crippen LogP contribution in [0, 0.1) is 0 Å². The highest BCUT2D eigenvalue weighted by Crippen LogP contribution is 2.25. The number of hydrazone groups is 1. The molecule has 2 aromatic carbocycles. The number of rotatable bonds is 5. The molecule has 120 valence electrons. The molecule has 1 amide bonds. The molecule has 0 N–H and O–H groups in total. The molecule has 0 unspecified atom stereocenters. The number of ether oxygens (including phenoxy) is 1. The molecule has 1 aliphatic heterocycles. The quantitative estimate of drug-likeness (QED) is 0.616. The maximum atomic E-state index is 12.7. The number of nitrogens with zero attached hydrogens (tertiary/aromatic N) is 2. The highest BCUT2D eigenvalue weighted by Gasteiger charge is 2.28. The van der Waals surface area contributed by atoms with Crippen LogP contribution in [0.15, 0.2) is 77.9 Å². The molecule has 0 aromatic heterocycles. The molecule has 3 rings (SSSR count). The molecule has 0 spiro atoms. The average molecular weight is 318 g/mol. The molecule has 0 bridgehead atoms. The van der Waals surface area contributed by atoms with Crippen LogP contribution < -0.4 is 9.75 Å². The Morgan fingerprint density at radius 1 is 1.17 bits per heavy atom. The second-order valence-electron chi connectivity index (χ2n) is 5.37. The van der Waals surface area contributed by atoms with E-state index in [1.807, 2.05) is 67.6 Å². The van der Waals surface area contributed by atoms with E-state index in [9.17, 15) is 4.79 Å². The van der Waals surface area contributed by atoms with Gasteiger partial charge in [0.25, 0.3) is 5.91 Å². The largest absolute Gasteiger partial charge is 0.490 e. The zero-order chi connectivity index (χ0) is 16.9. The van der Waals surface area contributed by atoms with E-state index in [-0.39, 0.29) is 5.91 Å². The van der Waals surface area contributed by atoms with Crippen molar-refractivity contribution in [3.8, 4) is 5.75 Å². The molecule has 0 saturated carbocycles. The summed E-state index contributed by atoms with van der Waals surface area (Å²) in [5, 5.41) is 5.81. The summed E-state index contributed by atoms with van der Waals surface area (Å²) in [5.41, 5.74) is 2.93. The average Bonchev–Trinajstić information content (AvgIpc) is 2.89. The van der Waals surface area contributed by atoms with Crippen LogP contribution in [0.1, 0.15) is 12.5 Å². The fourth-order valence-electron chi connectivity index (χ4n) is 2.44. The predicted molar refractivity (Wildman–Crippen MR) is 97.1 cm³/mol. The molecule has 0 atom stereocenters. The highest BCUT2D eigenvalue weighted by atomic mass is 16.5. The van der Waals surface area contributed by atoms with Gasteiger partial charge in [0.05, 0.1) is 17.0 Å². The zero-order valence-electron chi connectivity index (χ0n) is 13.5. The van der Waals surface area contributed by atoms with Gasteiger partial charge in [0, 0.05) is 0 Å². The third-order valence-electron chi connectivity index (χ3n) is 3.60. The van der Waals surface area contributed by atoms with E-state index in [1.165, 1.54) is 5.01 Å². The number of para-hydroxylation sites is 1. The molecular formula is C20H18N2O2.